The lowest BCUT2D eigenvalue weighted by Crippen LogP contribution is -2.21. The number of aliphatic hydroxyl groups is 1. The molecule has 4 nitrogen and oxygen atoms in total. The highest BCUT2D eigenvalue weighted by molar-refractivity contribution is 5.48. The van der Waals surface area contributed by atoms with Gasteiger partial charge < -0.3 is 19.9 Å². The molecule has 0 aromatic heterocycles. The Kier molecular flexibility index (Phi) is 4.36. The van der Waals surface area contributed by atoms with Gasteiger partial charge in [-0.3, -0.25) is 0 Å². The Labute approximate surface area is 126 Å². The van der Waals surface area contributed by atoms with Gasteiger partial charge in [-0.05, 0) is 50.8 Å². The molecule has 1 aromatic rings. The first-order valence-corrected chi connectivity index (χ1v) is 7.91. The second kappa shape index (κ2) is 6.24. The number of aliphatic hydroxyl groups excluding tert-OH is 1. The monoisotopic (exact) mass is 291 g/mol. The molecular weight excluding hydrogens is 266 g/mol. The zero-order valence-electron chi connectivity index (χ0n) is 12.9. The zero-order chi connectivity index (χ0) is 14.8. The second-order valence-corrected chi connectivity index (χ2v) is 6.37. The molecule has 0 amide bonds. The molecule has 1 aromatic carbocycles. The molecule has 3 unspecified atom stereocenters. The first-order chi connectivity index (χ1) is 10.2. The molecule has 0 saturated heterocycles. The van der Waals surface area contributed by atoms with Crippen LogP contribution in [0.5, 0.6) is 11.5 Å². The van der Waals surface area contributed by atoms with Crippen LogP contribution in [0.3, 0.4) is 0 Å². The highest BCUT2D eigenvalue weighted by atomic mass is 16.5. The molecular formula is C17H25NO3. The summed E-state index contributed by atoms with van der Waals surface area (Å²) < 4.78 is 11.3. The van der Waals surface area contributed by atoms with Gasteiger partial charge in [-0.25, -0.2) is 0 Å². The van der Waals surface area contributed by atoms with Crippen LogP contribution in [-0.2, 0) is 13.0 Å². The second-order valence-electron chi connectivity index (χ2n) is 6.37. The SMILES string of the molecule is COc1cc2c(cc1CNCC1CCC(O)C1)OC(C)C2. The minimum Gasteiger partial charge on any atom is -0.496 e. The highest BCUT2D eigenvalue weighted by Gasteiger charge is 2.23. The van der Waals surface area contributed by atoms with E-state index >= 15 is 0 Å². The third-order valence-electron chi connectivity index (χ3n) is 4.56. The van der Waals surface area contributed by atoms with E-state index in [-0.39, 0.29) is 12.2 Å². The lowest BCUT2D eigenvalue weighted by molar-refractivity contribution is 0.177. The standard InChI is InChI=1S/C17H25NO3/c1-11-5-13-7-16(20-2)14(8-17(13)21-11)10-18-9-12-3-4-15(19)6-12/h7-8,11-12,15,18-19H,3-6,9-10H2,1-2H3. The fraction of sp³-hybridized carbons (Fsp3) is 0.647. The molecule has 1 fully saturated rings. The average Bonchev–Trinajstić information content (AvgIpc) is 3.02. The van der Waals surface area contributed by atoms with Crippen LogP contribution in [0.15, 0.2) is 12.1 Å². The number of methoxy groups -OCH3 is 1. The Bertz CT molecular complexity index is 503. The van der Waals surface area contributed by atoms with Crippen molar-refractivity contribution < 1.29 is 14.6 Å². The first kappa shape index (κ1) is 14.7. The van der Waals surface area contributed by atoms with Crippen LogP contribution in [0.2, 0.25) is 0 Å². The Morgan fingerprint density at radius 3 is 2.95 bits per heavy atom. The van der Waals surface area contributed by atoms with E-state index in [1.807, 2.05) is 0 Å². The summed E-state index contributed by atoms with van der Waals surface area (Å²) in [7, 11) is 1.72. The Hall–Kier alpha value is -1.26. The summed E-state index contributed by atoms with van der Waals surface area (Å²) in [6.45, 7) is 3.82. The van der Waals surface area contributed by atoms with Crippen molar-refractivity contribution in [3.05, 3.63) is 23.3 Å². The maximum absolute atomic E-state index is 9.56. The van der Waals surface area contributed by atoms with Crippen molar-refractivity contribution >= 4 is 0 Å². The fourth-order valence-electron chi connectivity index (χ4n) is 3.45. The summed E-state index contributed by atoms with van der Waals surface area (Å²) in [6.07, 6.45) is 4.11. The van der Waals surface area contributed by atoms with Crippen molar-refractivity contribution in [3.8, 4) is 11.5 Å². The van der Waals surface area contributed by atoms with Crippen molar-refractivity contribution in [2.45, 2.75) is 51.4 Å². The van der Waals surface area contributed by atoms with Crippen LogP contribution < -0.4 is 14.8 Å². The van der Waals surface area contributed by atoms with E-state index < -0.39 is 0 Å². The van der Waals surface area contributed by atoms with Gasteiger partial charge in [0.25, 0.3) is 0 Å². The molecule has 2 aliphatic rings. The van der Waals surface area contributed by atoms with Crippen molar-refractivity contribution in [2.24, 2.45) is 5.92 Å². The molecule has 116 valence electrons. The summed E-state index contributed by atoms with van der Waals surface area (Å²) in [5.74, 6) is 2.53. The van der Waals surface area contributed by atoms with Gasteiger partial charge in [0.2, 0.25) is 0 Å². The number of benzene rings is 1. The number of fused-ring (bicyclic) bond motifs is 1. The predicted molar refractivity (Wildman–Crippen MR) is 81.8 cm³/mol. The van der Waals surface area contributed by atoms with Crippen molar-refractivity contribution in [1.82, 2.24) is 5.32 Å². The fourth-order valence-corrected chi connectivity index (χ4v) is 3.45. The van der Waals surface area contributed by atoms with Crippen LogP contribution >= 0.6 is 0 Å². The molecule has 1 aliphatic heterocycles. The molecule has 0 radical (unpaired) electrons. The van der Waals surface area contributed by atoms with Crippen molar-refractivity contribution in [3.63, 3.8) is 0 Å². The van der Waals surface area contributed by atoms with Crippen LogP contribution in [0.4, 0.5) is 0 Å². The number of ether oxygens (including phenoxy) is 2. The van der Waals surface area contributed by atoms with E-state index in [4.69, 9.17) is 9.47 Å². The molecule has 21 heavy (non-hydrogen) atoms. The van der Waals surface area contributed by atoms with Gasteiger partial charge in [0, 0.05) is 24.1 Å². The first-order valence-electron chi connectivity index (χ1n) is 7.91. The number of rotatable bonds is 5. The number of hydrogen-bond acceptors (Lipinski definition) is 4. The molecule has 3 atom stereocenters. The minimum atomic E-state index is -0.0961. The van der Waals surface area contributed by atoms with Gasteiger partial charge >= 0.3 is 0 Å². The van der Waals surface area contributed by atoms with Gasteiger partial charge in [0.05, 0.1) is 13.2 Å². The third-order valence-corrected chi connectivity index (χ3v) is 4.56. The zero-order valence-corrected chi connectivity index (χ0v) is 12.9. The molecule has 0 spiro atoms. The van der Waals surface area contributed by atoms with E-state index in [1.54, 1.807) is 7.11 Å². The molecule has 1 aliphatic carbocycles. The molecule has 2 N–H and O–H groups in total. The Balaban J connectivity index is 1.61. The lowest BCUT2D eigenvalue weighted by atomic mass is 10.1. The van der Waals surface area contributed by atoms with Crippen molar-refractivity contribution in [2.75, 3.05) is 13.7 Å². The van der Waals surface area contributed by atoms with Gasteiger partial charge in [0.15, 0.2) is 0 Å². The third kappa shape index (κ3) is 3.33. The summed E-state index contributed by atoms with van der Waals surface area (Å²) in [6, 6.07) is 4.21. The van der Waals surface area contributed by atoms with E-state index in [1.165, 1.54) is 5.56 Å². The maximum atomic E-state index is 9.56. The predicted octanol–water partition coefficient (Wildman–Crippen LogP) is 2.27. The average molecular weight is 291 g/mol. The van der Waals surface area contributed by atoms with Crippen LogP contribution in [0.1, 0.15) is 37.3 Å². The van der Waals surface area contributed by atoms with E-state index in [0.717, 1.165) is 55.8 Å². The van der Waals surface area contributed by atoms with Gasteiger partial charge in [-0.1, -0.05) is 0 Å². The number of hydrogen-bond donors (Lipinski definition) is 2. The largest absolute Gasteiger partial charge is 0.496 e. The summed E-state index contributed by atoms with van der Waals surface area (Å²) in [4.78, 5) is 0. The molecule has 1 saturated carbocycles. The molecule has 3 rings (SSSR count). The highest BCUT2D eigenvalue weighted by Crippen LogP contribution is 2.35. The quantitative estimate of drug-likeness (QED) is 0.874. The van der Waals surface area contributed by atoms with E-state index in [9.17, 15) is 5.11 Å². The molecule has 4 heteroatoms. The van der Waals surface area contributed by atoms with Crippen LogP contribution in [0.25, 0.3) is 0 Å². The maximum Gasteiger partial charge on any atom is 0.123 e. The summed E-state index contributed by atoms with van der Waals surface area (Å²) in [5.41, 5.74) is 2.38. The van der Waals surface area contributed by atoms with Gasteiger partial charge in [-0.2, -0.15) is 0 Å². The van der Waals surface area contributed by atoms with Gasteiger partial charge in [0.1, 0.15) is 17.6 Å². The Morgan fingerprint density at radius 2 is 2.24 bits per heavy atom. The topological polar surface area (TPSA) is 50.7 Å². The lowest BCUT2D eigenvalue weighted by Gasteiger charge is -2.14. The van der Waals surface area contributed by atoms with Crippen LogP contribution in [0, 0.1) is 5.92 Å². The van der Waals surface area contributed by atoms with Gasteiger partial charge in [-0.15, -0.1) is 0 Å². The molecule has 1 heterocycles. The number of nitrogens with one attached hydrogen (secondary N) is 1. The van der Waals surface area contributed by atoms with E-state index in [0.29, 0.717) is 5.92 Å². The smallest absolute Gasteiger partial charge is 0.123 e. The summed E-state index contributed by atoms with van der Waals surface area (Å²) >= 11 is 0. The van der Waals surface area contributed by atoms with Crippen LogP contribution in [-0.4, -0.2) is 31.0 Å². The summed E-state index contributed by atoms with van der Waals surface area (Å²) in [5, 5.41) is 13.1. The Morgan fingerprint density at radius 1 is 1.38 bits per heavy atom. The molecule has 0 bridgehead atoms. The normalized spacial score (nSPS) is 27.5. The minimum absolute atomic E-state index is 0.0961. The van der Waals surface area contributed by atoms with E-state index in [2.05, 4.69) is 24.4 Å². The van der Waals surface area contributed by atoms with Crippen molar-refractivity contribution in [1.29, 1.82) is 0 Å².